The molecule has 0 bridgehead atoms. The van der Waals surface area contributed by atoms with E-state index in [0.717, 1.165) is 54.6 Å². The second-order valence-corrected chi connectivity index (χ2v) is 7.75. The summed E-state index contributed by atoms with van der Waals surface area (Å²) in [5.74, 6) is 0.188. The first-order chi connectivity index (χ1) is 15.0. The zero-order valence-corrected chi connectivity index (χ0v) is 16.6. The Hall–Kier alpha value is -3.29. The Labute approximate surface area is 176 Å². The maximum Gasteiger partial charge on any atom is 0.419 e. The maximum atomic E-state index is 13.8. The smallest absolute Gasteiger partial charge is 0.419 e. The topological polar surface area (TPSA) is 63.9 Å². The van der Waals surface area contributed by atoms with Gasteiger partial charge in [0.25, 0.3) is 5.89 Å². The third-order valence-electron chi connectivity index (χ3n) is 5.64. The van der Waals surface area contributed by atoms with E-state index in [1.807, 2.05) is 24.3 Å². The molecule has 1 saturated carbocycles. The minimum atomic E-state index is -4.56. The molecule has 1 fully saturated rings. The molecule has 0 spiro atoms. The van der Waals surface area contributed by atoms with Crippen molar-refractivity contribution in [3.05, 3.63) is 54.2 Å². The first kappa shape index (κ1) is 19.7. The molecule has 160 valence electrons. The van der Waals surface area contributed by atoms with Crippen LogP contribution in [0.1, 0.15) is 37.7 Å². The second kappa shape index (κ2) is 7.76. The van der Waals surface area contributed by atoms with Crippen molar-refractivity contribution >= 4 is 10.9 Å². The Balaban J connectivity index is 1.49. The van der Waals surface area contributed by atoms with Gasteiger partial charge in [0, 0.05) is 28.2 Å². The summed E-state index contributed by atoms with van der Waals surface area (Å²) >= 11 is 0. The zero-order valence-electron chi connectivity index (χ0n) is 16.6. The van der Waals surface area contributed by atoms with Crippen LogP contribution in [0, 0.1) is 0 Å². The molecule has 1 aliphatic carbocycles. The fourth-order valence-electron chi connectivity index (χ4n) is 4.08. The Morgan fingerprint density at radius 3 is 2.68 bits per heavy atom. The van der Waals surface area contributed by atoms with Crippen LogP contribution in [0.2, 0.25) is 0 Å². The molecular formula is C23H20F3N3O2. The van der Waals surface area contributed by atoms with Gasteiger partial charge in [-0.15, -0.1) is 0 Å². The number of ether oxygens (including phenoxy) is 1. The molecular weight excluding hydrogens is 407 g/mol. The standard InChI is InChI=1S/C23H20F3N3O2/c24-23(25,26)18-13-14(9-10-20(18)30-15-5-2-1-3-6-15)22-28-21(29-31-22)17-7-4-8-19-16(17)11-12-27-19/h4,7-13,15,27H,1-3,5-6H2. The Morgan fingerprint density at radius 1 is 1.03 bits per heavy atom. The third-order valence-corrected chi connectivity index (χ3v) is 5.64. The first-order valence-corrected chi connectivity index (χ1v) is 10.3. The van der Waals surface area contributed by atoms with Crippen molar-refractivity contribution < 1.29 is 22.4 Å². The van der Waals surface area contributed by atoms with Gasteiger partial charge in [0.15, 0.2) is 0 Å². The fourth-order valence-corrected chi connectivity index (χ4v) is 4.08. The molecule has 0 unspecified atom stereocenters. The van der Waals surface area contributed by atoms with Crippen molar-refractivity contribution in [3.8, 4) is 28.6 Å². The summed E-state index contributed by atoms with van der Waals surface area (Å²) in [6.07, 6.45) is 1.66. The molecule has 4 aromatic rings. The Bertz CT molecular complexity index is 1210. The number of rotatable bonds is 4. The van der Waals surface area contributed by atoms with Gasteiger partial charge >= 0.3 is 6.18 Å². The lowest BCUT2D eigenvalue weighted by molar-refractivity contribution is -0.139. The van der Waals surface area contributed by atoms with Gasteiger partial charge in [-0.25, -0.2) is 0 Å². The molecule has 1 N–H and O–H groups in total. The van der Waals surface area contributed by atoms with Crippen LogP contribution in [-0.2, 0) is 6.18 Å². The van der Waals surface area contributed by atoms with Crippen molar-refractivity contribution in [2.24, 2.45) is 0 Å². The highest BCUT2D eigenvalue weighted by molar-refractivity contribution is 5.93. The zero-order chi connectivity index (χ0) is 21.4. The Kier molecular flexibility index (Phi) is 4.92. The molecule has 0 radical (unpaired) electrons. The number of H-pyrrole nitrogens is 1. The van der Waals surface area contributed by atoms with E-state index in [9.17, 15) is 13.2 Å². The SMILES string of the molecule is FC(F)(F)c1cc(-c2nc(-c3cccc4[nH]ccc34)no2)ccc1OC1CCCCC1. The molecule has 8 heteroatoms. The highest BCUT2D eigenvalue weighted by Gasteiger charge is 2.36. The first-order valence-electron chi connectivity index (χ1n) is 10.3. The molecule has 0 atom stereocenters. The van der Waals surface area contributed by atoms with E-state index < -0.39 is 11.7 Å². The summed E-state index contributed by atoms with van der Waals surface area (Å²) in [7, 11) is 0. The minimum Gasteiger partial charge on any atom is -0.490 e. The summed E-state index contributed by atoms with van der Waals surface area (Å²) in [4.78, 5) is 7.46. The van der Waals surface area contributed by atoms with Gasteiger partial charge in [-0.05, 0) is 56.0 Å². The van der Waals surface area contributed by atoms with Crippen LogP contribution >= 0.6 is 0 Å². The normalized spacial score (nSPS) is 15.5. The second-order valence-electron chi connectivity index (χ2n) is 7.75. The quantitative estimate of drug-likeness (QED) is 0.398. The van der Waals surface area contributed by atoms with E-state index in [4.69, 9.17) is 9.26 Å². The fraction of sp³-hybridized carbons (Fsp3) is 0.304. The van der Waals surface area contributed by atoms with Crippen LogP contribution in [0.3, 0.4) is 0 Å². The predicted octanol–water partition coefficient (Wildman–Crippen LogP) is 6.62. The summed E-state index contributed by atoms with van der Waals surface area (Å²) in [6.45, 7) is 0. The highest BCUT2D eigenvalue weighted by atomic mass is 19.4. The highest BCUT2D eigenvalue weighted by Crippen LogP contribution is 2.40. The predicted molar refractivity (Wildman–Crippen MR) is 110 cm³/mol. The van der Waals surface area contributed by atoms with Gasteiger partial charge in [0.05, 0.1) is 11.7 Å². The maximum absolute atomic E-state index is 13.8. The average molecular weight is 427 g/mol. The van der Waals surface area contributed by atoms with Crippen LogP contribution in [0.5, 0.6) is 5.75 Å². The lowest BCUT2D eigenvalue weighted by Crippen LogP contribution is -2.21. The summed E-state index contributed by atoms with van der Waals surface area (Å²) in [5, 5.41) is 4.89. The molecule has 31 heavy (non-hydrogen) atoms. The number of halogens is 3. The van der Waals surface area contributed by atoms with Crippen molar-refractivity contribution in [3.63, 3.8) is 0 Å². The number of nitrogens with one attached hydrogen (secondary N) is 1. The number of aromatic nitrogens is 3. The molecule has 1 aliphatic rings. The van der Waals surface area contributed by atoms with Crippen molar-refractivity contribution in [1.82, 2.24) is 15.1 Å². The molecule has 5 nitrogen and oxygen atoms in total. The van der Waals surface area contributed by atoms with E-state index in [1.54, 1.807) is 6.20 Å². The van der Waals surface area contributed by atoms with Gasteiger partial charge in [-0.3, -0.25) is 0 Å². The van der Waals surface area contributed by atoms with Crippen LogP contribution < -0.4 is 4.74 Å². The Morgan fingerprint density at radius 2 is 1.87 bits per heavy atom. The van der Waals surface area contributed by atoms with E-state index >= 15 is 0 Å². The monoisotopic (exact) mass is 427 g/mol. The van der Waals surface area contributed by atoms with E-state index in [1.165, 1.54) is 12.1 Å². The number of alkyl halides is 3. The molecule has 2 aromatic carbocycles. The van der Waals surface area contributed by atoms with E-state index in [-0.39, 0.29) is 23.3 Å². The van der Waals surface area contributed by atoms with Crippen LogP contribution in [-0.4, -0.2) is 21.2 Å². The third kappa shape index (κ3) is 3.89. The van der Waals surface area contributed by atoms with Crippen molar-refractivity contribution in [2.75, 3.05) is 0 Å². The minimum absolute atomic E-state index is 0.0252. The van der Waals surface area contributed by atoms with Crippen LogP contribution in [0.15, 0.2) is 53.2 Å². The van der Waals surface area contributed by atoms with Crippen molar-refractivity contribution in [1.29, 1.82) is 0 Å². The average Bonchev–Trinajstić information content (AvgIpc) is 3.44. The van der Waals surface area contributed by atoms with E-state index in [0.29, 0.717) is 5.82 Å². The molecule has 0 saturated heterocycles. The molecule has 5 rings (SSSR count). The number of hydrogen-bond donors (Lipinski definition) is 1. The van der Waals surface area contributed by atoms with Gasteiger partial charge < -0.3 is 14.2 Å². The number of aromatic amines is 1. The van der Waals surface area contributed by atoms with Crippen molar-refractivity contribution in [2.45, 2.75) is 44.4 Å². The van der Waals surface area contributed by atoms with Gasteiger partial charge in [-0.1, -0.05) is 23.7 Å². The largest absolute Gasteiger partial charge is 0.490 e. The lowest BCUT2D eigenvalue weighted by atomic mass is 9.97. The summed E-state index contributed by atoms with van der Waals surface area (Å²) in [5.41, 5.74) is 1.01. The van der Waals surface area contributed by atoms with Gasteiger partial charge in [-0.2, -0.15) is 18.2 Å². The molecule has 0 amide bonds. The summed E-state index contributed by atoms with van der Waals surface area (Å²) in [6, 6.07) is 11.4. The molecule has 2 heterocycles. The summed E-state index contributed by atoms with van der Waals surface area (Å²) < 4.78 is 52.3. The number of hydrogen-bond acceptors (Lipinski definition) is 4. The van der Waals surface area contributed by atoms with Crippen LogP contribution in [0.4, 0.5) is 13.2 Å². The van der Waals surface area contributed by atoms with Gasteiger partial charge in [0.2, 0.25) is 5.82 Å². The molecule has 2 aromatic heterocycles. The molecule has 0 aliphatic heterocycles. The lowest BCUT2D eigenvalue weighted by Gasteiger charge is -2.25. The van der Waals surface area contributed by atoms with E-state index in [2.05, 4.69) is 15.1 Å². The number of benzene rings is 2. The number of fused-ring (bicyclic) bond motifs is 1. The van der Waals surface area contributed by atoms with Gasteiger partial charge in [0.1, 0.15) is 5.75 Å². The van der Waals surface area contributed by atoms with Crippen LogP contribution in [0.25, 0.3) is 33.7 Å². The number of nitrogens with zero attached hydrogens (tertiary/aromatic N) is 2.